The molecule has 0 spiro atoms. The van der Waals surface area contributed by atoms with Gasteiger partial charge in [0.05, 0.1) is 4.90 Å². The standard InChI is InChI=1S/C6H5BO2S/c7-10(8,9)6-4-2-1-3-5-6/h1-5H. The zero-order chi connectivity index (χ0) is 7.61. The van der Waals surface area contributed by atoms with E-state index in [9.17, 15) is 8.42 Å². The monoisotopic (exact) mass is 152 g/mol. The van der Waals surface area contributed by atoms with Gasteiger partial charge in [-0.15, -0.1) is 0 Å². The fourth-order valence-corrected chi connectivity index (χ4v) is 1.15. The highest BCUT2D eigenvalue weighted by molar-refractivity contribution is 8.12. The Morgan fingerprint density at radius 1 is 1.10 bits per heavy atom. The average molecular weight is 152 g/mol. The molecule has 2 radical (unpaired) electrons. The van der Waals surface area contributed by atoms with E-state index in [-0.39, 0.29) is 4.90 Å². The summed E-state index contributed by atoms with van der Waals surface area (Å²) in [6, 6.07) is 7.89. The molecule has 0 fully saturated rings. The second-order valence-electron chi connectivity index (χ2n) is 1.86. The number of benzene rings is 1. The summed E-state index contributed by atoms with van der Waals surface area (Å²) >= 11 is 0. The van der Waals surface area contributed by atoms with Crippen molar-refractivity contribution >= 4 is 16.8 Å². The lowest BCUT2D eigenvalue weighted by molar-refractivity contribution is 0.609. The van der Waals surface area contributed by atoms with E-state index < -0.39 is 9.69 Å². The summed E-state index contributed by atoms with van der Waals surface area (Å²) in [5.74, 6) is 0. The molecule has 1 aromatic rings. The molecule has 2 nitrogen and oxygen atoms in total. The first-order chi connectivity index (χ1) is 4.61. The van der Waals surface area contributed by atoms with Gasteiger partial charge in [0.1, 0.15) is 9.69 Å². The molecule has 0 heterocycles. The molecule has 10 heavy (non-hydrogen) atoms. The minimum absolute atomic E-state index is 0.148. The quantitative estimate of drug-likeness (QED) is 0.550. The topological polar surface area (TPSA) is 34.1 Å². The second kappa shape index (κ2) is 2.46. The Kier molecular flexibility index (Phi) is 1.81. The Morgan fingerprint density at radius 3 is 1.90 bits per heavy atom. The van der Waals surface area contributed by atoms with Crippen molar-refractivity contribution in [2.75, 3.05) is 0 Å². The maximum Gasteiger partial charge on any atom is 0.262 e. The maximum atomic E-state index is 10.6. The third-order valence-corrected chi connectivity index (χ3v) is 2.00. The van der Waals surface area contributed by atoms with Crippen molar-refractivity contribution in [2.45, 2.75) is 4.90 Å². The summed E-state index contributed by atoms with van der Waals surface area (Å²) in [5, 5.41) is 0. The van der Waals surface area contributed by atoms with Gasteiger partial charge in [0.25, 0.3) is 7.12 Å². The first kappa shape index (κ1) is 7.34. The molecule has 1 rings (SSSR count). The van der Waals surface area contributed by atoms with Crippen molar-refractivity contribution in [1.29, 1.82) is 0 Å². The molecule has 0 unspecified atom stereocenters. The van der Waals surface area contributed by atoms with Gasteiger partial charge in [0, 0.05) is 0 Å². The van der Waals surface area contributed by atoms with Gasteiger partial charge in [-0.05, 0) is 12.1 Å². The van der Waals surface area contributed by atoms with Gasteiger partial charge in [-0.3, -0.25) is 0 Å². The maximum absolute atomic E-state index is 10.6. The van der Waals surface area contributed by atoms with Crippen LogP contribution < -0.4 is 0 Å². The highest BCUT2D eigenvalue weighted by atomic mass is 32.2. The van der Waals surface area contributed by atoms with E-state index >= 15 is 0 Å². The van der Waals surface area contributed by atoms with Crippen LogP contribution in [0.4, 0.5) is 0 Å². The van der Waals surface area contributed by atoms with Crippen molar-refractivity contribution in [3.05, 3.63) is 30.3 Å². The van der Waals surface area contributed by atoms with Crippen LogP contribution in [0.5, 0.6) is 0 Å². The summed E-state index contributed by atoms with van der Waals surface area (Å²) in [6.45, 7) is 0. The number of hydrogen-bond donors (Lipinski definition) is 0. The Bertz CT molecular complexity index is 304. The lowest BCUT2D eigenvalue weighted by atomic mass is 10.4. The highest BCUT2D eigenvalue weighted by Crippen LogP contribution is 2.04. The first-order valence-electron chi connectivity index (χ1n) is 2.68. The summed E-state index contributed by atoms with van der Waals surface area (Å²) in [5.41, 5.74) is 0. The second-order valence-corrected chi connectivity index (χ2v) is 3.42. The van der Waals surface area contributed by atoms with Crippen molar-refractivity contribution in [1.82, 2.24) is 0 Å². The van der Waals surface area contributed by atoms with Crippen molar-refractivity contribution in [2.24, 2.45) is 0 Å². The molecule has 50 valence electrons. The van der Waals surface area contributed by atoms with E-state index in [1.165, 1.54) is 12.1 Å². The van der Waals surface area contributed by atoms with Gasteiger partial charge in [0.15, 0.2) is 0 Å². The molecule has 0 aliphatic rings. The van der Waals surface area contributed by atoms with Gasteiger partial charge < -0.3 is 0 Å². The number of hydrogen-bond acceptors (Lipinski definition) is 2. The molecule has 0 aromatic heterocycles. The SMILES string of the molecule is [B]S(=O)(=O)c1ccccc1. The average Bonchev–Trinajstić information content (AvgIpc) is 1.88. The minimum atomic E-state index is -3.50. The highest BCUT2D eigenvalue weighted by Gasteiger charge is 2.02. The molecule has 0 N–H and O–H groups in total. The summed E-state index contributed by atoms with van der Waals surface area (Å²) < 4.78 is 21.2. The molecule has 0 atom stereocenters. The van der Waals surface area contributed by atoms with E-state index in [1.807, 2.05) is 0 Å². The van der Waals surface area contributed by atoms with E-state index in [0.29, 0.717) is 0 Å². The van der Waals surface area contributed by atoms with E-state index in [2.05, 4.69) is 0 Å². The van der Waals surface area contributed by atoms with Crippen LogP contribution in [-0.2, 0) is 9.69 Å². The first-order valence-corrected chi connectivity index (χ1v) is 4.23. The van der Waals surface area contributed by atoms with Crippen LogP contribution in [0.2, 0.25) is 0 Å². The molecule has 0 bridgehead atoms. The van der Waals surface area contributed by atoms with Gasteiger partial charge in [-0.25, -0.2) is 8.42 Å². The Hall–Kier alpha value is -0.765. The van der Waals surface area contributed by atoms with E-state index in [0.717, 1.165) is 0 Å². The summed E-state index contributed by atoms with van der Waals surface area (Å²) in [4.78, 5) is 0.148. The third-order valence-electron chi connectivity index (χ3n) is 1.07. The largest absolute Gasteiger partial charge is 0.262 e. The van der Waals surface area contributed by atoms with Gasteiger partial charge >= 0.3 is 0 Å². The Morgan fingerprint density at radius 2 is 1.60 bits per heavy atom. The van der Waals surface area contributed by atoms with Crippen LogP contribution in [0.1, 0.15) is 0 Å². The van der Waals surface area contributed by atoms with Crippen LogP contribution in [-0.4, -0.2) is 15.5 Å². The van der Waals surface area contributed by atoms with Crippen LogP contribution in [0.3, 0.4) is 0 Å². The van der Waals surface area contributed by atoms with Crippen molar-refractivity contribution in [3.8, 4) is 0 Å². The molecule has 0 saturated carbocycles. The molecule has 1 aromatic carbocycles. The summed E-state index contributed by atoms with van der Waals surface area (Å²) in [6.07, 6.45) is 0. The predicted octanol–water partition coefficient (Wildman–Crippen LogP) is 0.544. The third kappa shape index (κ3) is 1.61. The molecule has 4 heteroatoms. The molecular weight excluding hydrogens is 147 g/mol. The molecule has 0 amide bonds. The zero-order valence-corrected chi connectivity index (χ0v) is 6.01. The Balaban J connectivity index is 3.22. The molecular formula is C6H5BO2S. The van der Waals surface area contributed by atoms with Crippen LogP contribution in [0.25, 0.3) is 0 Å². The van der Waals surface area contributed by atoms with E-state index in [4.69, 9.17) is 7.12 Å². The lowest BCUT2D eigenvalue weighted by Crippen LogP contribution is -1.97. The number of rotatable bonds is 1. The molecule has 0 aliphatic carbocycles. The van der Waals surface area contributed by atoms with E-state index in [1.54, 1.807) is 18.2 Å². The Labute approximate surface area is 61.1 Å². The van der Waals surface area contributed by atoms with Crippen LogP contribution >= 0.6 is 0 Å². The normalized spacial score (nSPS) is 11.2. The molecule has 0 aliphatic heterocycles. The smallest absolute Gasteiger partial charge is 0.238 e. The summed E-state index contributed by atoms with van der Waals surface area (Å²) in [7, 11) is 1.33. The van der Waals surface area contributed by atoms with Crippen molar-refractivity contribution in [3.63, 3.8) is 0 Å². The van der Waals surface area contributed by atoms with Gasteiger partial charge in [0.2, 0.25) is 0 Å². The fourth-order valence-electron chi connectivity index (χ4n) is 0.610. The molecule has 0 saturated heterocycles. The lowest BCUT2D eigenvalue weighted by Gasteiger charge is -1.94. The zero-order valence-electron chi connectivity index (χ0n) is 5.19. The van der Waals surface area contributed by atoms with Gasteiger partial charge in [-0.1, -0.05) is 18.2 Å². The minimum Gasteiger partial charge on any atom is -0.238 e. The van der Waals surface area contributed by atoms with Gasteiger partial charge in [-0.2, -0.15) is 0 Å². The fraction of sp³-hybridized carbons (Fsp3) is 0. The predicted molar refractivity (Wildman–Crippen MR) is 39.4 cm³/mol. The van der Waals surface area contributed by atoms with Crippen LogP contribution in [0, 0.1) is 0 Å². The van der Waals surface area contributed by atoms with Crippen molar-refractivity contribution < 1.29 is 8.42 Å². The van der Waals surface area contributed by atoms with Crippen LogP contribution in [0.15, 0.2) is 35.2 Å².